The molecule has 0 N–H and O–H groups in total. The van der Waals surface area contributed by atoms with Gasteiger partial charge in [0.05, 0.1) is 5.92 Å². The number of benzene rings is 2. The van der Waals surface area contributed by atoms with Crippen molar-refractivity contribution in [3.8, 4) is 23.3 Å². The molecule has 2 unspecified atom stereocenters. The van der Waals surface area contributed by atoms with Gasteiger partial charge in [0.15, 0.2) is 0 Å². The molecular weight excluding hydrogens is 404 g/mol. The van der Waals surface area contributed by atoms with E-state index in [9.17, 15) is 9.59 Å². The van der Waals surface area contributed by atoms with Crippen molar-refractivity contribution < 1.29 is 23.8 Å². The number of ether oxygens (including phenoxy) is 3. The quantitative estimate of drug-likeness (QED) is 0.326. The highest BCUT2D eigenvalue weighted by molar-refractivity contribution is 5.89. The van der Waals surface area contributed by atoms with Crippen LogP contribution in [0.15, 0.2) is 54.6 Å². The van der Waals surface area contributed by atoms with Gasteiger partial charge in [0.25, 0.3) is 0 Å². The Hall–Kier alpha value is -3.26. The van der Waals surface area contributed by atoms with Crippen molar-refractivity contribution >= 4 is 11.9 Å². The van der Waals surface area contributed by atoms with Crippen LogP contribution in [0.25, 0.3) is 0 Å². The van der Waals surface area contributed by atoms with Gasteiger partial charge in [-0.25, -0.2) is 4.79 Å². The third-order valence-electron chi connectivity index (χ3n) is 5.89. The Labute approximate surface area is 190 Å². The SMILES string of the molecule is CCC(C)(C)OC(=O)C#CC1C(C(=O)OCc2cccc(Oc3ccccc3)c2)C1(C)C. The average molecular weight is 435 g/mol. The first-order valence-electron chi connectivity index (χ1n) is 10.9. The van der Waals surface area contributed by atoms with Gasteiger partial charge in [0.1, 0.15) is 23.7 Å². The Morgan fingerprint density at radius 3 is 2.41 bits per heavy atom. The van der Waals surface area contributed by atoms with Crippen molar-refractivity contribution in [1.82, 2.24) is 0 Å². The summed E-state index contributed by atoms with van der Waals surface area (Å²) in [4.78, 5) is 24.7. The van der Waals surface area contributed by atoms with Crippen molar-refractivity contribution in [2.45, 2.75) is 53.2 Å². The van der Waals surface area contributed by atoms with Crippen molar-refractivity contribution in [1.29, 1.82) is 0 Å². The van der Waals surface area contributed by atoms with E-state index in [1.54, 1.807) is 0 Å². The lowest BCUT2D eigenvalue weighted by Crippen LogP contribution is -2.26. The van der Waals surface area contributed by atoms with E-state index in [0.717, 1.165) is 11.3 Å². The van der Waals surface area contributed by atoms with Crippen molar-refractivity contribution in [2.75, 3.05) is 0 Å². The maximum atomic E-state index is 12.7. The molecule has 0 heterocycles. The number of hydrogen-bond acceptors (Lipinski definition) is 5. The van der Waals surface area contributed by atoms with E-state index < -0.39 is 11.6 Å². The molecule has 3 rings (SSSR count). The van der Waals surface area contributed by atoms with Crippen molar-refractivity contribution in [2.24, 2.45) is 17.3 Å². The summed E-state index contributed by atoms with van der Waals surface area (Å²) in [6.45, 7) is 9.67. The van der Waals surface area contributed by atoms with E-state index in [0.29, 0.717) is 12.2 Å². The van der Waals surface area contributed by atoms with Crippen molar-refractivity contribution in [3.05, 3.63) is 60.2 Å². The molecule has 0 aliphatic heterocycles. The molecule has 0 saturated heterocycles. The molecule has 0 spiro atoms. The van der Waals surface area contributed by atoms with E-state index in [1.165, 1.54) is 0 Å². The molecule has 1 fully saturated rings. The van der Waals surface area contributed by atoms with Gasteiger partial charge in [0.2, 0.25) is 0 Å². The van der Waals surface area contributed by atoms with Crippen molar-refractivity contribution in [3.63, 3.8) is 0 Å². The molecule has 0 aromatic heterocycles. The standard InChI is InChI=1S/C27H30O5/c1-6-26(2,3)32-23(28)16-15-22-24(27(22,4)5)25(29)30-18-19-11-10-14-21(17-19)31-20-12-8-7-9-13-20/h7-14,17,22,24H,6,18H2,1-5H3. The van der Waals surface area contributed by atoms with Gasteiger partial charge in [-0.15, -0.1) is 0 Å². The molecule has 2 atom stereocenters. The lowest BCUT2D eigenvalue weighted by molar-refractivity contribution is -0.149. The molecule has 5 nitrogen and oxygen atoms in total. The Kier molecular flexibility index (Phi) is 6.93. The first kappa shape index (κ1) is 23.4. The first-order valence-corrected chi connectivity index (χ1v) is 10.9. The summed E-state index contributed by atoms with van der Waals surface area (Å²) in [5.41, 5.74) is -0.0663. The summed E-state index contributed by atoms with van der Waals surface area (Å²) in [7, 11) is 0. The molecule has 168 valence electrons. The molecule has 2 aromatic carbocycles. The van der Waals surface area contributed by atoms with E-state index in [-0.39, 0.29) is 29.8 Å². The zero-order chi connectivity index (χ0) is 23.4. The number of carbonyl (C=O) groups is 2. The number of para-hydroxylation sites is 1. The van der Waals surface area contributed by atoms with Gasteiger partial charge in [-0.2, -0.15) is 0 Å². The molecule has 1 saturated carbocycles. The summed E-state index contributed by atoms with van der Waals surface area (Å²) >= 11 is 0. The summed E-state index contributed by atoms with van der Waals surface area (Å²) in [6.07, 6.45) is 0.696. The second-order valence-electron chi connectivity index (χ2n) is 9.22. The summed E-state index contributed by atoms with van der Waals surface area (Å²) < 4.78 is 16.7. The largest absolute Gasteiger partial charge is 0.461 e. The Morgan fingerprint density at radius 1 is 1.03 bits per heavy atom. The van der Waals surface area contributed by atoms with Crippen LogP contribution in [0.1, 0.15) is 46.6 Å². The normalized spacial score (nSPS) is 18.7. The molecule has 2 aromatic rings. The van der Waals surface area contributed by atoms with Crippen LogP contribution in [0.4, 0.5) is 0 Å². The van der Waals surface area contributed by atoms with Gasteiger partial charge >= 0.3 is 11.9 Å². The minimum Gasteiger partial charge on any atom is -0.461 e. The number of rotatable bonds is 7. The minimum atomic E-state index is -0.568. The number of hydrogen-bond donors (Lipinski definition) is 0. The third kappa shape index (κ3) is 5.91. The highest BCUT2D eigenvalue weighted by Gasteiger charge is 2.62. The minimum absolute atomic E-state index is 0.143. The van der Waals surface area contributed by atoms with Gasteiger partial charge in [-0.05, 0) is 55.5 Å². The van der Waals surface area contributed by atoms with E-state index in [4.69, 9.17) is 14.2 Å². The molecular formula is C27H30O5. The Balaban J connectivity index is 1.56. The molecule has 1 aliphatic rings. The van der Waals surface area contributed by atoms with Crippen LogP contribution in [0.3, 0.4) is 0 Å². The van der Waals surface area contributed by atoms with Crippen LogP contribution in [0.2, 0.25) is 0 Å². The molecule has 5 heteroatoms. The van der Waals surface area contributed by atoms with Gasteiger partial charge in [-0.3, -0.25) is 4.79 Å². The maximum Gasteiger partial charge on any atom is 0.384 e. The smallest absolute Gasteiger partial charge is 0.384 e. The molecule has 0 radical (unpaired) electrons. The summed E-state index contributed by atoms with van der Waals surface area (Å²) in [5, 5.41) is 0. The second kappa shape index (κ2) is 9.48. The summed E-state index contributed by atoms with van der Waals surface area (Å²) in [6, 6.07) is 16.9. The molecule has 32 heavy (non-hydrogen) atoms. The zero-order valence-electron chi connectivity index (χ0n) is 19.3. The van der Waals surface area contributed by atoms with E-state index in [2.05, 4.69) is 11.8 Å². The van der Waals surface area contributed by atoms with Gasteiger partial charge in [0, 0.05) is 11.8 Å². The zero-order valence-corrected chi connectivity index (χ0v) is 19.3. The Bertz CT molecular complexity index is 1030. The topological polar surface area (TPSA) is 61.8 Å². The Morgan fingerprint density at radius 2 is 1.72 bits per heavy atom. The predicted octanol–water partition coefficient (Wildman–Crippen LogP) is 5.53. The molecule has 0 bridgehead atoms. The first-order chi connectivity index (χ1) is 15.1. The third-order valence-corrected chi connectivity index (χ3v) is 5.89. The highest BCUT2D eigenvalue weighted by atomic mass is 16.6. The lowest BCUT2D eigenvalue weighted by Gasteiger charge is -2.21. The van der Waals surface area contributed by atoms with Gasteiger partial charge < -0.3 is 14.2 Å². The fourth-order valence-electron chi connectivity index (χ4n) is 3.40. The van der Waals surface area contributed by atoms with Crippen LogP contribution in [-0.4, -0.2) is 17.5 Å². The van der Waals surface area contributed by atoms with Crippen LogP contribution in [0.5, 0.6) is 11.5 Å². The number of esters is 2. The monoisotopic (exact) mass is 434 g/mol. The van der Waals surface area contributed by atoms with E-state index >= 15 is 0 Å². The summed E-state index contributed by atoms with van der Waals surface area (Å²) in [5.74, 6) is 5.38. The number of carbonyl (C=O) groups excluding carboxylic acids is 2. The highest BCUT2D eigenvalue weighted by Crippen LogP contribution is 2.58. The van der Waals surface area contributed by atoms with Crippen LogP contribution >= 0.6 is 0 Å². The second-order valence-corrected chi connectivity index (χ2v) is 9.22. The predicted molar refractivity (Wildman–Crippen MR) is 122 cm³/mol. The van der Waals surface area contributed by atoms with E-state index in [1.807, 2.05) is 89.2 Å². The van der Waals surface area contributed by atoms with Crippen LogP contribution in [0, 0.1) is 29.1 Å². The fourth-order valence-corrected chi connectivity index (χ4v) is 3.40. The maximum absolute atomic E-state index is 12.7. The van der Waals surface area contributed by atoms with Crippen LogP contribution in [-0.2, 0) is 25.7 Å². The molecule has 1 aliphatic carbocycles. The lowest BCUT2D eigenvalue weighted by atomic mass is 10.1. The van der Waals surface area contributed by atoms with Gasteiger partial charge in [-0.1, -0.05) is 57.0 Å². The van der Waals surface area contributed by atoms with Crippen LogP contribution < -0.4 is 4.74 Å². The molecule has 0 amide bonds. The fraction of sp³-hybridized carbons (Fsp3) is 0.407. The average Bonchev–Trinajstić information content (AvgIpc) is 3.31.